The molecule has 0 saturated heterocycles. The summed E-state index contributed by atoms with van der Waals surface area (Å²) >= 11 is 0. The molecular weight excluding hydrogens is 100 g/mol. The average molecular weight is 111 g/mol. The van der Waals surface area contributed by atoms with Gasteiger partial charge in [-0.1, -0.05) is 11.6 Å². The normalized spacial score (nSPS) is 20.4. The molecule has 45 valence electrons. The molecular formula is C7H11O. The van der Waals surface area contributed by atoms with Gasteiger partial charge in [0.25, 0.3) is 0 Å². The van der Waals surface area contributed by atoms with Gasteiger partial charge in [0.2, 0.25) is 0 Å². The van der Waals surface area contributed by atoms with Crippen LogP contribution in [-0.4, -0.2) is 13.2 Å². The molecule has 8 heavy (non-hydrogen) atoms. The fourth-order valence-corrected chi connectivity index (χ4v) is 0.792. The van der Waals surface area contributed by atoms with Crippen LogP contribution in [0.2, 0.25) is 0 Å². The highest BCUT2D eigenvalue weighted by Gasteiger charge is 1.98. The van der Waals surface area contributed by atoms with Crippen molar-refractivity contribution in [1.29, 1.82) is 0 Å². The summed E-state index contributed by atoms with van der Waals surface area (Å²) in [5.41, 5.74) is 1.44. The Kier molecular flexibility index (Phi) is 2.10. The first-order valence-electron chi connectivity index (χ1n) is 2.98. The Bertz CT molecular complexity index is 94.6. The average Bonchev–Trinajstić information content (AvgIpc) is 1.90. The van der Waals surface area contributed by atoms with Gasteiger partial charge in [-0.05, 0) is 19.8 Å². The molecule has 0 unspecified atom stereocenters. The van der Waals surface area contributed by atoms with E-state index in [1.807, 2.05) is 0 Å². The van der Waals surface area contributed by atoms with Crippen molar-refractivity contribution in [2.24, 2.45) is 0 Å². The van der Waals surface area contributed by atoms with E-state index >= 15 is 0 Å². The Labute approximate surface area is 50.3 Å². The van der Waals surface area contributed by atoms with E-state index < -0.39 is 0 Å². The fourth-order valence-electron chi connectivity index (χ4n) is 0.792. The second kappa shape index (κ2) is 2.88. The van der Waals surface area contributed by atoms with Crippen LogP contribution < -0.4 is 0 Å². The van der Waals surface area contributed by atoms with Crippen LogP contribution in [0, 0.1) is 6.92 Å². The summed E-state index contributed by atoms with van der Waals surface area (Å²) in [7, 11) is 0. The van der Waals surface area contributed by atoms with E-state index in [9.17, 15) is 0 Å². The molecule has 1 rings (SSSR count). The van der Waals surface area contributed by atoms with Gasteiger partial charge in [-0.3, -0.25) is 0 Å². The molecule has 0 bridgehead atoms. The van der Waals surface area contributed by atoms with E-state index in [1.54, 1.807) is 0 Å². The lowest BCUT2D eigenvalue weighted by Crippen LogP contribution is -2.03. The number of rotatable bonds is 1. The van der Waals surface area contributed by atoms with Crippen molar-refractivity contribution in [1.82, 2.24) is 0 Å². The van der Waals surface area contributed by atoms with Crippen LogP contribution in [0.3, 0.4) is 0 Å². The fraction of sp³-hybridized carbons (Fsp3) is 0.571. The first kappa shape index (κ1) is 5.83. The summed E-state index contributed by atoms with van der Waals surface area (Å²) in [6.45, 7) is 5.47. The lowest BCUT2D eigenvalue weighted by atomic mass is 10.1. The highest BCUT2D eigenvalue weighted by atomic mass is 16.5. The second-order valence-corrected chi connectivity index (χ2v) is 1.94. The zero-order valence-corrected chi connectivity index (χ0v) is 5.02. The maximum Gasteiger partial charge on any atom is 0.0650 e. The molecule has 0 fully saturated rings. The number of hydrogen-bond acceptors (Lipinski definition) is 1. The van der Waals surface area contributed by atoms with E-state index in [0.29, 0.717) is 0 Å². The van der Waals surface area contributed by atoms with Crippen molar-refractivity contribution >= 4 is 0 Å². The quantitative estimate of drug-likeness (QED) is 0.466. The molecule has 0 aromatic heterocycles. The molecule has 1 heterocycles. The highest BCUT2D eigenvalue weighted by Crippen LogP contribution is 2.09. The highest BCUT2D eigenvalue weighted by molar-refractivity contribution is 5.04. The summed E-state index contributed by atoms with van der Waals surface area (Å²) in [6, 6.07) is 0. The van der Waals surface area contributed by atoms with Gasteiger partial charge in [0, 0.05) is 0 Å². The molecule has 1 nitrogen and oxygen atoms in total. The van der Waals surface area contributed by atoms with Crippen LogP contribution in [0.25, 0.3) is 0 Å². The Morgan fingerprint density at radius 3 is 3.00 bits per heavy atom. The van der Waals surface area contributed by atoms with Crippen LogP contribution in [0.15, 0.2) is 11.6 Å². The molecule has 1 radical (unpaired) electrons. The molecule has 0 aliphatic carbocycles. The van der Waals surface area contributed by atoms with Crippen LogP contribution >= 0.6 is 0 Å². The lowest BCUT2D eigenvalue weighted by molar-refractivity contribution is 0.154. The zero-order valence-electron chi connectivity index (χ0n) is 5.02. The van der Waals surface area contributed by atoms with Crippen LogP contribution in [-0.2, 0) is 4.74 Å². The van der Waals surface area contributed by atoms with E-state index in [4.69, 9.17) is 4.74 Å². The lowest BCUT2D eigenvalue weighted by Gasteiger charge is -2.10. The van der Waals surface area contributed by atoms with Crippen molar-refractivity contribution < 1.29 is 4.74 Å². The van der Waals surface area contributed by atoms with Crippen molar-refractivity contribution in [2.75, 3.05) is 13.2 Å². The first-order chi connectivity index (χ1) is 3.93. The maximum absolute atomic E-state index is 5.10. The molecule has 0 aromatic rings. The van der Waals surface area contributed by atoms with Gasteiger partial charge in [-0.25, -0.2) is 0 Å². The standard InChI is InChI=1S/C7H11O/c1-2-7-3-5-8-6-4-7/h3H,1-2,4-6H2. The van der Waals surface area contributed by atoms with Crippen molar-refractivity contribution in [3.8, 4) is 0 Å². The van der Waals surface area contributed by atoms with E-state index in [2.05, 4.69) is 13.0 Å². The van der Waals surface area contributed by atoms with Gasteiger partial charge in [-0.15, -0.1) is 0 Å². The Hall–Kier alpha value is -0.300. The second-order valence-electron chi connectivity index (χ2n) is 1.94. The maximum atomic E-state index is 5.10. The van der Waals surface area contributed by atoms with Gasteiger partial charge < -0.3 is 4.74 Å². The molecule has 0 atom stereocenters. The van der Waals surface area contributed by atoms with Gasteiger partial charge >= 0.3 is 0 Å². The van der Waals surface area contributed by atoms with Gasteiger partial charge in [0.05, 0.1) is 13.2 Å². The minimum Gasteiger partial charge on any atom is -0.377 e. The third-order valence-electron chi connectivity index (χ3n) is 1.38. The summed E-state index contributed by atoms with van der Waals surface area (Å²) in [6.07, 6.45) is 4.16. The Balaban J connectivity index is 2.37. The molecule has 0 aromatic carbocycles. The predicted molar refractivity (Wildman–Crippen MR) is 33.5 cm³/mol. The smallest absolute Gasteiger partial charge is 0.0650 e. The summed E-state index contributed by atoms with van der Waals surface area (Å²) in [5.74, 6) is 0. The van der Waals surface area contributed by atoms with E-state index in [0.717, 1.165) is 26.1 Å². The van der Waals surface area contributed by atoms with Gasteiger partial charge in [0.15, 0.2) is 0 Å². The van der Waals surface area contributed by atoms with Gasteiger partial charge in [-0.2, -0.15) is 0 Å². The van der Waals surface area contributed by atoms with Gasteiger partial charge in [0.1, 0.15) is 0 Å². The summed E-state index contributed by atoms with van der Waals surface area (Å²) in [4.78, 5) is 0. The van der Waals surface area contributed by atoms with E-state index in [1.165, 1.54) is 5.57 Å². The first-order valence-corrected chi connectivity index (χ1v) is 2.98. The third-order valence-corrected chi connectivity index (χ3v) is 1.38. The van der Waals surface area contributed by atoms with Crippen molar-refractivity contribution in [3.63, 3.8) is 0 Å². The molecule has 0 saturated carbocycles. The molecule has 1 aliphatic rings. The predicted octanol–water partition coefficient (Wildman–Crippen LogP) is 1.56. The molecule has 0 amide bonds. The summed E-state index contributed by atoms with van der Waals surface area (Å²) in [5, 5.41) is 0. The monoisotopic (exact) mass is 111 g/mol. The van der Waals surface area contributed by atoms with Crippen LogP contribution in [0.4, 0.5) is 0 Å². The van der Waals surface area contributed by atoms with Crippen molar-refractivity contribution in [3.05, 3.63) is 18.6 Å². The Morgan fingerprint density at radius 1 is 1.75 bits per heavy atom. The van der Waals surface area contributed by atoms with Crippen molar-refractivity contribution in [2.45, 2.75) is 12.8 Å². The molecule has 1 aliphatic heterocycles. The summed E-state index contributed by atoms with van der Waals surface area (Å²) < 4.78 is 5.10. The number of ether oxygens (including phenoxy) is 1. The zero-order chi connectivity index (χ0) is 5.82. The van der Waals surface area contributed by atoms with E-state index in [-0.39, 0.29) is 0 Å². The number of hydrogen-bond donors (Lipinski definition) is 0. The topological polar surface area (TPSA) is 9.23 Å². The minimum atomic E-state index is 0.796. The largest absolute Gasteiger partial charge is 0.377 e. The minimum absolute atomic E-state index is 0.796. The van der Waals surface area contributed by atoms with Crippen LogP contribution in [0.1, 0.15) is 12.8 Å². The molecule has 1 heteroatoms. The molecule has 0 spiro atoms. The SMILES string of the molecule is [CH2]CC1=CCOCC1. The Morgan fingerprint density at radius 2 is 2.62 bits per heavy atom. The third kappa shape index (κ3) is 1.34. The molecule has 0 N–H and O–H groups in total. The van der Waals surface area contributed by atoms with Crippen LogP contribution in [0.5, 0.6) is 0 Å².